The first-order valence-corrected chi connectivity index (χ1v) is 11.0. The fraction of sp³-hybridized carbons (Fsp3) is 1.00. The molecule has 0 aromatic heterocycles. The zero-order valence-corrected chi connectivity index (χ0v) is 18.7. The Morgan fingerprint density at radius 2 is 1.03 bits per heavy atom. The molecule has 0 bridgehead atoms. The van der Waals surface area contributed by atoms with Gasteiger partial charge >= 0.3 is 0 Å². The van der Waals surface area contributed by atoms with Crippen molar-refractivity contribution in [3.05, 3.63) is 0 Å². The molecule has 3 heterocycles. The summed E-state index contributed by atoms with van der Waals surface area (Å²) < 4.78 is 31.7. The molecule has 16 heteroatoms. The molecule has 10 N–H and O–H groups in total. The molecule has 0 amide bonds. The van der Waals surface area contributed by atoms with Gasteiger partial charge in [0.25, 0.3) is 0 Å². The van der Waals surface area contributed by atoms with E-state index in [1.807, 2.05) is 0 Å². The SMILES string of the molecule is CO[C@H]1O[C@H](CO[C@H]2O[C@H](CO)[C@@H](O[C@@H]3O[C@H](CO)[C@H](O)[C@H](O)[C@H]3O)[C@H](O)[C@H](O)[C@H]2O)[C@@H](O)[C@@H]1O. The molecule has 0 spiro atoms. The maximum Gasteiger partial charge on any atom is 0.187 e. The van der Waals surface area contributed by atoms with E-state index in [9.17, 15) is 51.1 Å². The van der Waals surface area contributed by atoms with Crippen LogP contribution in [0.3, 0.4) is 0 Å². The molecule has 0 saturated carbocycles. The molecular weight excluding hydrogens is 484 g/mol. The summed E-state index contributed by atoms with van der Waals surface area (Å²) in [5.41, 5.74) is 0. The van der Waals surface area contributed by atoms with Crippen molar-refractivity contribution in [1.82, 2.24) is 0 Å². The third kappa shape index (κ3) is 5.93. The molecule has 0 aromatic carbocycles. The number of aliphatic hydroxyl groups excluding tert-OH is 10. The second kappa shape index (κ2) is 12.3. The fourth-order valence-electron chi connectivity index (χ4n) is 4.13. The molecule has 16 nitrogen and oxygen atoms in total. The smallest absolute Gasteiger partial charge is 0.187 e. The van der Waals surface area contributed by atoms with Gasteiger partial charge in [0.15, 0.2) is 18.9 Å². The maximum absolute atomic E-state index is 10.6. The zero-order valence-electron chi connectivity index (χ0n) is 18.7. The van der Waals surface area contributed by atoms with Gasteiger partial charge in [0.1, 0.15) is 73.2 Å². The van der Waals surface area contributed by atoms with E-state index in [0.717, 1.165) is 0 Å². The van der Waals surface area contributed by atoms with Gasteiger partial charge in [-0.25, -0.2) is 0 Å². The van der Waals surface area contributed by atoms with Crippen molar-refractivity contribution in [3.63, 3.8) is 0 Å². The van der Waals surface area contributed by atoms with Gasteiger partial charge in [0.2, 0.25) is 0 Å². The van der Waals surface area contributed by atoms with E-state index in [1.165, 1.54) is 7.11 Å². The Kier molecular flexibility index (Phi) is 10.1. The van der Waals surface area contributed by atoms with Gasteiger partial charge in [0.05, 0.1) is 19.8 Å². The summed E-state index contributed by atoms with van der Waals surface area (Å²) >= 11 is 0. The predicted octanol–water partition coefficient (Wildman–Crippen LogP) is -6.92. The van der Waals surface area contributed by atoms with Gasteiger partial charge in [-0.15, -0.1) is 0 Å². The van der Waals surface area contributed by atoms with Crippen molar-refractivity contribution >= 4 is 0 Å². The van der Waals surface area contributed by atoms with Crippen LogP contribution in [0, 0.1) is 0 Å². The monoisotopic (exact) mass is 518 g/mol. The standard InChI is InChI=1S/C19H34O16/c1-30-17-13(27)9(23)7(34-17)4-31-18-14(28)11(25)12(26)16(6(3-21)33-18)35-19-15(29)10(24)8(22)5(2-20)32-19/h5-29H,2-4H2,1H3/t5-,6-,7-,8+,9-,10+,11+,12-,13+,14-,15-,16-,17+,18+,19+/m1/s1. The average molecular weight is 518 g/mol. The van der Waals surface area contributed by atoms with Gasteiger partial charge < -0.3 is 79.5 Å². The maximum atomic E-state index is 10.6. The van der Waals surface area contributed by atoms with Crippen LogP contribution < -0.4 is 0 Å². The summed E-state index contributed by atoms with van der Waals surface area (Å²) in [4.78, 5) is 0. The minimum atomic E-state index is -1.97. The second-order valence-electron chi connectivity index (χ2n) is 8.59. The molecule has 3 saturated heterocycles. The average Bonchev–Trinajstić information content (AvgIpc) is 3.10. The van der Waals surface area contributed by atoms with Gasteiger partial charge in [-0.1, -0.05) is 0 Å². The Hall–Kier alpha value is -0.640. The normalized spacial score (nSPS) is 51.3. The van der Waals surface area contributed by atoms with Crippen molar-refractivity contribution in [2.75, 3.05) is 26.9 Å². The quantitative estimate of drug-likeness (QED) is 0.143. The van der Waals surface area contributed by atoms with Gasteiger partial charge in [0, 0.05) is 7.11 Å². The molecule has 3 fully saturated rings. The largest absolute Gasteiger partial charge is 0.394 e. The molecule has 35 heavy (non-hydrogen) atoms. The summed E-state index contributed by atoms with van der Waals surface area (Å²) in [5.74, 6) is 0. The molecule has 3 rings (SSSR count). The van der Waals surface area contributed by atoms with Crippen molar-refractivity contribution in [3.8, 4) is 0 Å². The second-order valence-corrected chi connectivity index (χ2v) is 8.59. The number of ether oxygens (including phenoxy) is 6. The molecule has 15 atom stereocenters. The lowest BCUT2D eigenvalue weighted by atomic mass is 9.98. The van der Waals surface area contributed by atoms with E-state index in [4.69, 9.17) is 28.4 Å². The van der Waals surface area contributed by atoms with E-state index in [1.54, 1.807) is 0 Å². The molecule has 206 valence electrons. The highest BCUT2D eigenvalue weighted by Crippen LogP contribution is 2.30. The molecule has 3 aliphatic heterocycles. The third-order valence-electron chi connectivity index (χ3n) is 6.29. The Balaban J connectivity index is 1.71. The van der Waals surface area contributed by atoms with Crippen LogP contribution in [0.1, 0.15) is 0 Å². The summed E-state index contributed by atoms with van der Waals surface area (Å²) in [6, 6.07) is 0. The number of hydrogen-bond acceptors (Lipinski definition) is 16. The van der Waals surface area contributed by atoms with Gasteiger partial charge in [-0.2, -0.15) is 0 Å². The molecule has 0 aromatic rings. The number of hydrogen-bond donors (Lipinski definition) is 10. The van der Waals surface area contributed by atoms with Crippen molar-refractivity contribution in [2.24, 2.45) is 0 Å². The van der Waals surface area contributed by atoms with E-state index in [2.05, 4.69) is 0 Å². The minimum absolute atomic E-state index is 0.459. The van der Waals surface area contributed by atoms with Crippen molar-refractivity contribution < 1.29 is 79.5 Å². The Morgan fingerprint density at radius 3 is 1.60 bits per heavy atom. The lowest BCUT2D eigenvalue weighted by Crippen LogP contribution is -2.61. The van der Waals surface area contributed by atoms with Crippen LogP contribution >= 0.6 is 0 Å². The van der Waals surface area contributed by atoms with Crippen molar-refractivity contribution in [2.45, 2.75) is 92.1 Å². The predicted molar refractivity (Wildman–Crippen MR) is 106 cm³/mol. The number of rotatable bonds is 8. The molecule has 0 unspecified atom stereocenters. The van der Waals surface area contributed by atoms with Crippen LogP contribution in [0.5, 0.6) is 0 Å². The van der Waals surface area contributed by atoms with Gasteiger partial charge in [-0.3, -0.25) is 0 Å². The summed E-state index contributed by atoms with van der Waals surface area (Å²) in [6.45, 7) is -2.05. The Labute approximate surface area is 199 Å². The van der Waals surface area contributed by atoms with Crippen LogP contribution in [0.4, 0.5) is 0 Å². The molecule has 0 aliphatic carbocycles. The first-order valence-electron chi connectivity index (χ1n) is 11.0. The molecule has 0 radical (unpaired) electrons. The highest BCUT2D eigenvalue weighted by atomic mass is 16.7. The first-order chi connectivity index (χ1) is 16.5. The Morgan fingerprint density at radius 1 is 0.543 bits per heavy atom. The fourth-order valence-corrected chi connectivity index (χ4v) is 4.13. The first kappa shape index (κ1) is 28.9. The van der Waals surface area contributed by atoms with E-state index in [0.29, 0.717) is 0 Å². The van der Waals surface area contributed by atoms with Crippen LogP contribution in [0.2, 0.25) is 0 Å². The minimum Gasteiger partial charge on any atom is -0.394 e. The number of aliphatic hydroxyl groups is 10. The van der Waals surface area contributed by atoms with Crippen LogP contribution in [0.25, 0.3) is 0 Å². The van der Waals surface area contributed by atoms with Gasteiger partial charge in [-0.05, 0) is 0 Å². The van der Waals surface area contributed by atoms with E-state index in [-0.39, 0.29) is 0 Å². The zero-order chi connectivity index (χ0) is 26.0. The van der Waals surface area contributed by atoms with Crippen LogP contribution in [0.15, 0.2) is 0 Å². The molecular formula is C19H34O16. The van der Waals surface area contributed by atoms with Crippen LogP contribution in [-0.2, 0) is 28.4 Å². The highest BCUT2D eigenvalue weighted by Gasteiger charge is 2.51. The summed E-state index contributed by atoms with van der Waals surface area (Å²) in [6.07, 6.45) is -24.0. The van der Waals surface area contributed by atoms with E-state index < -0.39 is 112 Å². The Bertz CT molecular complexity index is 654. The van der Waals surface area contributed by atoms with E-state index >= 15 is 0 Å². The van der Waals surface area contributed by atoms with Crippen molar-refractivity contribution in [1.29, 1.82) is 0 Å². The molecule has 3 aliphatic rings. The third-order valence-corrected chi connectivity index (χ3v) is 6.29. The highest BCUT2D eigenvalue weighted by molar-refractivity contribution is 4.95. The lowest BCUT2D eigenvalue weighted by Gasteiger charge is -2.42. The summed E-state index contributed by atoms with van der Waals surface area (Å²) in [5, 5.41) is 101. The number of methoxy groups -OCH3 is 1. The summed E-state index contributed by atoms with van der Waals surface area (Å²) in [7, 11) is 1.25. The van der Waals surface area contributed by atoms with Crippen LogP contribution in [-0.4, -0.2) is 170 Å². The topological polar surface area (TPSA) is 258 Å². The lowest BCUT2D eigenvalue weighted by molar-refractivity contribution is -0.329.